The number of hydrogen-bond donors (Lipinski definition) is 6. The average Bonchev–Trinajstić information content (AvgIpc) is 3.41. The van der Waals surface area contributed by atoms with Crippen LogP contribution in [0.4, 0.5) is 0 Å². The first-order valence-electron chi connectivity index (χ1n) is 31.7. The number of unbranched alkanes of at least 4 members (excludes halogenated alkanes) is 34. The number of carbonyl (C=O) groups is 1. The van der Waals surface area contributed by atoms with Gasteiger partial charge in [0.1, 0.15) is 24.4 Å². The Morgan fingerprint density at radius 3 is 1.28 bits per heavy atom. The highest BCUT2D eigenvalue weighted by molar-refractivity contribution is 5.76. The molecule has 1 saturated heterocycles. The molecule has 0 aromatic heterocycles. The van der Waals surface area contributed by atoms with Gasteiger partial charge in [0.25, 0.3) is 0 Å². The normalized spacial score (nSPS) is 19.4. The molecule has 1 amide bonds. The summed E-state index contributed by atoms with van der Waals surface area (Å²) in [6.07, 6.45) is 70.0. The van der Waals surface area contributed by atoms with Crippen LogP contribution in [-0.4, -0.2) is 87.5 Å². The lowest BCUT2D eigenvalue weighted by atomic mass is 9.99. The lowest BCUT2D eigenvalue weighted by Gasteiger charge is -2.40. The number of amides is 1. The first-order chi connectivity index (χ1) is 36.8. The molecule has 75 heavy (non-hydrogen) atoms. The Balaban J connectivity index is 2.18. The van der Waals surface area contributed by atoms with Crippen molar-refractivity contribution in [1.29, 1.82) is 0 Å². The minimum atomic E-state index is -1.58. The number of nitrogens with one attached hydrogen (secondary N) is 1. The fraction of sp³-hybridized carbons (Fsp3) is 0.803. The van der Waals surface area contributed by atoms with Crippen LogP contribution in [0.2, 0.25) is 0 Å². The number of allylic oxidation sites excluding steroid dienone is 11. The van der Waals surface area contributed by atoms with E-state index < -0.39 is 49.5 Å². The SMILES string of the molecule is CC/C=C\C/C=C\C/C=C\C/C=C\CCCCCCCCC(=O)NC(COC1OC(CO)C(O)C(O)C1O)C(O)/C=C/CC/C=C/CCCCCCCCCCCCCCCCCCCCCCCCCCCCC. The molecule has 436 valence electrons. The van der Waals surface area contributed by atoms with Gasteiger partial charge in [-0.05, 0) is 70.6 Å². The van der Waals surface area contributed by atoms with Crippen LogP contribution >= 0.6 is 0 Å². The van der Waals surface area contributed by atoms with E-state index >= 15 is 0 Å². The Morgan fingerprint density at radius 1 is 0.467 bits per heavy atom. The number of hydrogen-bond acceptors (Lipinski definition) is 8. The van der Waals surface area contributed by atoms with Crippen LogP contribution in [-0.2, 0) is 14.3 Å². The summed E-state index contributed by atoms with van der Waals surface area (Å²) >= 11 is 0. The fourth-order valence-electron chi connectivity index (χ4n) is 9.81. The maximum absolute atomic E-state index is 13.1. The number of carbonyl (C=O) groups excluding carboxylic acids is 1. The number of rotatable bonds is 54. The Morgan fingerprint density at radius 2 is 0.840 bits per heavy atom. The van der Waals surface area contributed by atoms with Gasteiger partial charge in [0.2, 0.25) is 5.91 Å². The maximum atomic E-state index is 13.1. The molecular formula is C66H119NO8. The lowest BCUT2D eigenvalue weighted by molar-refractivity contribution is -0.302. The third kappa shape index (κ3) is 44.2. The molecule has 0 aromatic carbocycles. The second-order valence-electron chi connectivity index (χ2n) is 21.8. The van der Waals surface area contributed by atoms with E-state index in [1.807, 2.05) is 6.08 Å². The van der Waals surface area contributed by atoms with Gasteiger partial charge in [-0.25, -0.2) is 0 Å². The van der Waals surface area contributed by atoms with Gasteiger partial charge in [-0.1, -0.05) is 279 Å². The van der Waals surface area contributed by atoms with Crippen molar-refractivity contribution in [3.05, 3.63) is 72.9 Å². The zero-order chi connectivity index (χ0) is 54.3. The summed E-state index contributed by atoms with van der Waals surface area (Å²) < 4.78 is 11.3. The van der Waals surface area contributed by atoms with Crippen molar-refractivity contribution >= 4 is 5.91 Å². The van der Waals surface area contributed by atoms with E-state index in [0.717, 1.165) is 89.9 Å². The second kappa shape index (κ2) is 55.0. The summed E-state index contributed by atoms with van der Waals surface area (Å²) in [7, 11) is 0. The van der Waals surface area contributed by atoms with Crippen molar-refractivity contribution in [3.63, 3.8) is 0 Å². The van der Waals surface area contributed by atoms with Crippen LogP contribution < -0.4 is 5.32 Å². The first-order valence-corrected chi connectivity index (χ1v) is 31.7. The third-order valence-electron chi connectivity index (χ3n) is 14.8. The Hall–Kier alpha value is -2.37. The standard InChI is InChI=1S/C66H119NO8/c1-3-5-7-9-11-13-15-17-19-21-23-24-25-26-27-28-29-30-31-32-33-34-35-36-38-39-41-43-45-47-49-51-53-55-60(69)59(58-74-66-65(73)64(72)63(71)61(57-68)75-66)67-62(70)56-54-52-50-48-46-44-42-40-37-22-20-18-16-14-12-10-8-6-4-2/h6,8,12,14,18,20,37,40,45,47,53,55,59-61,63-66,68-69,71-73H,3-5,7,9-11,13,15-17,19,21-36,38-39,41-44,46,48-52,54,56-58H2,1-2H3,(H,67,70)/b8-6-,14-12-,20-18-,40-37-,47-45+,55-53+. The van der Waals surface area contributed by atoms with E-state index in [9.17, 15) is 30.3 Å². The molecule has 7 unspecified atom stereocenters. The van der Waals surface area contributed by atoms with Crippen LogP contribution in [0, 0.1) is 0 Å². The van der Waals surface area contributed by atoms with E-state index in [2.05, 4.69) is 79.9 Å². The topological polar surface area (TPSA) is 149 Å². The molecule has 0 saturated carbocycles. The molecule has 1 heterocycles. The van der Waals surface area contributed by atoms with Crippen LogP contribution in [0.25, 0.3) is 0 Å². The number of aliphatic hydroxyl groups excluding tert-OH is 5. The molecule has 0 aromatic rings. The monoisotopic (exact) mass is 1050 g/mol. The fourth-order valence-corrected chi connectivity index (χ4v) is 9.81. The van der Waals surface area contributed by atoms with Gasteiger partial charge in [-0.2, -0.15) is 0 Å². The van der Waals surface area contributed by atoms with Gasteiger partial charge >= 0.3 is 0 Å². The Kier molecular flexibility index (Phi) is 51.8. The zero-order valence-corrected chi connectivity index (χ0v) is 48.5. The van der Waals surface area contributed by atoms with Gasteiger partial charge in [0.15, 0.2) is 6.29 Å². The Bertz CT molecular complexity index is 1410. The van der Waals surface area contributed by atoms with Crippen molar-refractivity contribution in [1.82, 2.24) is 5.32 Å². The van der Waals surface area contributed by atoms with Gasteiger partial charge in [-0.15, -0.1) is 0 Å². The predicted molar refractivity (Wildman–Crippen MR) is 318 cm³/mol. The molecule has 0 bridgehead atoms. The molecule has 7 atom stereocenters. The molecule has 1 aliphatic heterocycles. The molecule has 0 radical (unpaired) electrons. The van der Waals surface area contributed by atoms with E-state index in [0.29, 0.717) is 6.42 Å². The quantitative estimate of drug-likeness (QED) is 0.0261. The average molecular weight is 1050 g/mol. The van der Waals surface area contributed by atoms with Crippen molar-refractivity contribution in [3.8, 4) is 0 Å². The second-order valence-corrected chi connectivity index (χ2v) is 21.8. The Labute approximate surface area is 461 Å². The molecule has 1 aliphatic rings. The van der Waals surface area contributed by atoms with Crippen LogP contribution in [0.15, 0.2) is 72.9 Å². The van der Waals surface area contributed by atoms with E-state index in [1.165, 1.54) is 173 Å². The first kappa shape index (κ1) is 70.6. The summed E-state index contributed by atoms with van der Waals surface area (Å²) in [5, 5.41) is 54.6. The molecular weight excluding hydrogens is 935 g/mol. The highest BCUT2D eigenvalue weighted by atomic mass is 16.7. The van der Waals surface area contributed by atoms with Crippen LogP contribution in [0.1, 0.15) is 284 Å². The van der Waals surface area contributed by atoms with E-state index in [4.69, 9.17) is 9.47 Å². The highest BCUT2D eigenvalue weighted by Crippen LogP contribution is 2.23. The summed E-state index contributed by atoms with van der Waals surface area (Å²) in [6, 6.07) is -0.835. The molecule has 9 nitrogen and oxygen atoms in total. The largest absolute Gasteiger partial charge is 0.394 e. The zero-order valence-electron chi connectivity index (χ0n) is 48.5. The van der Waals surface area contributed by atoms with Crippen molar-refractivity contribution in [2.45, 2.75) is 326 Å². The van der Waals surface area contributed by atoms with E-state index in [-0.39, 0.29) is 12.5 Å². The van der Waals surface area contributed by atoms with Gasteiger partial charge in [0.05, 0.1) is 25.4 Å². The van der Waals surface area contributed by atoms with Crippen LogP contribution in [0.5, 0.6) is 0 Å². The molecule has 0 aliphatic carbocycles. The summed E-state index contributed by atoms with van der Waals surface area (Å²) in [6.45, 7) is 3.66. The predicted octanol–water partition coefficient (Wildman–Crippen LogP) is 16.4. The molecule has 0 spiro atoms. The maximum Gasteiger partial charge on any atom is 0.220 e. The number of aliphatic hydroxyl groups is 5. The summed E-state index contributed by atoms with van der Waals surface area (Å²) in [5.41, 5.74) is 0. The molecule has 6 N–H and O–H groups in total. The minimum absolute atomic E-state index is 0.201. The third-order valence-corrected chi connectivity index (χ3v) is 14.8. The van der Waals surface area contributed by atoms with Gasteiger partial charge < -0.3 is 40.3 Å². The van der Waals surface area contributed by atoms with Crippen molar-refractivity contribution in [2.75, 3.05) is 13.2 Å². The lowest BCUT2D eigenvalue weighted by Crippen LogP contribution is -2.60. The van der Waals surface area contributed by atoms with Crippen molar-refractivity contribution < 1.29 is 39.8 Å². The van der Waals surface area contributed by atoms with Gasteiger partial charge in [0, 0.05) is 6.42 Å². The smallest absolute Gasteiger partial charge is 0.220 e. The van der Waals surface area contributed by atoms with E-state index in [1.54, 1.807) is 6.08 Å². The van der Waals surface area contributed by atoms with Crippen molar-refractivity contribution in [2.24, 2.45) is 0 Å². The minimum Gasteiger partial charge on any atom is -0.394 e. The summed E-state index contributed by atoms with van der Waals surface area (Å²) in [4.78, 5) is 13.1. The van der Waals surface area contributed by atoms with Crippen LogP contribution in [0.3, 0.4) is 0 Å². The highest BCUT2D eigenvalue weighted by Gasteiger charge is 2.44. The summed E-state index contributed by atoms with van der Waals surface area (Å²) in [5.74, 6) is -0.201. The van der Waals surface area contributed by atoms with Gasteiger partial charge in [-0.3, -0.25) is 4.79 Å². The number of ether oxygens (including phenoxy) is 2. The molecule has 1 rings (SSSR count). The molecule has 9 heteroatoms. The molecule has 1 fully saturated rings.